The van der Waals surface area contributed by atoms with Crippen molar-refractivity contribution < 1.29 is 22.7 Å². The third-order valence-corrected chi connectivity index (χ3v) is 8.07. The molecule has 0 atom stereocenters. The number of hydrogen-bond donors (Lipinski definition) is 0. The van der Waals surface area contributed by atoms with E-state index in [9.17, 15) is 0 Å². The fourth-order valence-corrected chi connectivity index (χ4v) is 6.27. The van der Waals surface area contributed by atoms with Crippen LogP contribution in [0.25, 0.3) is 0 Å². The van der Waals surface area contributed by atoms with Gasteiger partial charge in [-0.15, -0.1) is 12.1 Å². The van der Waals surface area contributed by atoms with Gasteiger partial charge in [0.2, 0.25) is 0 Å². The molecule has 0 heterocycles. The second kappa shape index (κ2) is 12.9. The van der Waals surface area contributed by atoms with E-state index in [1.165, 1.54) is 0 Å². The van der Waals surface area contributed by atoms with Crippen molar-refractivity contribution in [2.24, 2.45) is 0 Å². The molecule has 1 aromatic rings. The summed E-state index contributed by atoms with van der Waals surface area (Å²) >= 11 is 6.25. The molecule has 0 spiro atoms. The molecule has 0 aliphatic heterocycles. The van der Waals surface area contributed by atoms with Gasteiger partial charge in [-0.05, 0) is 0 Å². The van der Waals surface area contributed by atoms with Gasteiger partial charge in [0.05, 0.1) is 16.3 Å². The van der Waals surface area contributed by atoms with Gasteiger partial charge in [0.15, 0.2) is 0 Å². The summed E-state index contributed by atoms with van der Waals surface area (Å²) < 4.78 is 12.4. The number of halogens is 1. The summed E-state index contributed by atoms with van der Waals surface area (Å²) in [5.41, 5.74) is 2.15. The summed E-state index contributed by atoms with van der Waals surface area (Å²) in [7, 11) is -0.988. The molecule has 1 aromatic carbocycles. The van der Waals surface area contributed by atoms with Crippen molar-refractivity contribution in [2.75, 3.05) is 0 Å². The standard InChI is InChI=1S/C18H31O2P2.BrH.Ni/c1-13(2)21(14(3)4)19-17-10-9-11-18(12-17)20-22(15(5)6)16(7)8;;/h9-11,13-16H,1-8H3;1H;/q-1;;+1/p-1. The Labute approximate surface area is 166 Å². The van der Waals surface area contributed by atoms with Gasteiger partial charge in [0, 0.05) is 34.1 Å². The number of hydrogen-bond acceptors (Lipinski definition) is 2. The van der Waals surface area contributed by atoms with Crippen LogP contribution in [-0.2, 0) is 13.7 Å². The van der Waals surface area contributed by atoms with Crippen LogP contribution >= 0.6 is 30.5 Å². The molecule has 0 amide bonds. The summed E-state index contributed by atoms with van der Waals surface area (Å²) in [6.07, 6.45) is 0. The summed E-state index contributed by atoms with van der Waals surface area (Å²) in [4.78, 5) is 0. The molecular weight excluding hydrogens is 449 g/mol. The Morgan fingerprint density at radius 3 is 1.29 bits per heavy atom. The number of benzene rings is 1. The van der Waals surface area contributed by atoms with E-state index < -0.39 is 16.3 Å². The van der Waals surface area contributed by atoms with Crippen molar-refractivity contribution in [2.45, 2.75) is 78.0 Å². The van der Waals surface area contributed by atoms with Gasteiger partial charge in [-0.3, -0.25) is 0 Å². The molecule has 0 fully saturated rings. The van der Waals surface area contributed by atoms with Crippen LogP contribution in [0.15, 0.2) is 18.2 Å². The van der Waals surface area contributed by atoms with Crippen molar-refractivity contribution in [3.8, 4) is 11.5 Å². The van der Waals surface area contributed by atoms with Crippen molar-refractivity contribution in [1.29, 1.82) is 0 Å². The molecule has 0 bridgehead atoms. The first-order valence-corrected chi connectivity index (χ1v) is 13.5. The van der Waals surface area contributed by atoms with Crippen LogP contribution in [0, 0.1) is 6.07 Å². The Morgan fingerprint density at radius 2 is 1.04 bits per heavy atom. The van der Waals surface area contributed by atoms with Gasteiger partial charge in [0.1, 0.15) is 0 Å². The molecule has 2 nitrogen and oxygen atoms in total. The van der Waals surface area contributed by atoms with Crippen molar-refractivity contribution >= 4 is 30.5 Å². The first-order valence-electron chi connectivity index (χ1n) is 8.29. The molecule has 6 heteroatoms. The predicted octanol–water partition coefficient (Wildman–Crippen LogP) is 7.51. The molecule has 0 aliphatic carbocycles. The Morgan fingerprint density at radius 1 is 0.750 bits per heavy atom. The fraction of sp³-hybridized carbons (Fsp3) is 0.667. The molecule has 0 aromatic heterocycles. The summed E-state index contributed by atoms with van der Waals surface area (Å²) in [5, 5.41) is 0. The van der Waals surface area contributed by atoms with Crippen LogP contribution in [-0.4, -0.2) is 22.6 Å². The predicted molar refractivity (Wildman–Crippen MR) is 110 cm³/mol. The zero-order valence-electron chi connectivity index (χ0n) is 15.9. The van der Waals surface area contributed by atoms with Crippen molar-refractivity contribution in [3.63, 3.8) is 0 Å². The minimum atomic E-state index is -0.494. The topological polar surface area (TPSA) is 18.5 Å². The van der Waals surface area contributed by atoms with Crippen LogP contribution in [0.3, 0.4) is 0 Å². The molecule has 1 rings (SSSR count). The fourth-order valence-electron chi connectivity index (χ4n) is 2.38. The Balaban J connectivity index is 0.00000254. The van der Waals surface area contributed by atoms with Gasteiger partial charge in [0.25, 0.3) is 0 Å². The number of rotatable bonds is 8. The van der Waals surface area contributed by atoms with Crippen LogP contribution in [0.2, 0.25) is 0 Å². The van der Waals surface area contributed by atoms with E-state index in [1.807, 2.05) is 18.2 Å². The second-order valence-corrected chi connectivity index (χ2v) is 12.6. The SMILES string of the molecule is CC(C)P(Oc1[c-]c(OP(C(C)C)C(C)C)ccc1)C(C)C.[Ni][Br]. The van der Waals surface area contributed by atoms with E-state index in [4.69, 9.17) is 9.05 Å². The van der Waals surface area contributed by atoms with E-state index in [2.05, 4.69) is 89.4 Å². The Hall–Kier alpha value is 0.654. The van der Waals surface area contributed by atoms with Crippen molar-refractivity contribution in [3.05, 3.63) is 24.3 Å². The molecule has 0 N–H and O–H groups in total. The molecule has 0 aliphatic rings. The van der Waals surface area contributed by atoms with Crippen LogP contribution in [0.1, 0.15) is 55.4 Å². The normalized spacial score (nSPS) is 11.5. The van der Waals surface area contributed by atoms with Gasteiger partial charge < -0.3 is 9.05 Å². The summed E-state index contributed by atoms with van der Waals surface area (Å²) in [6.45, 7) is 17.8. The average molecular weight is 480 g/mol. The van der Waals surface area contributed by atoms with Gasteiger partial charge in [-0.25, -0.2) is 0 Å². The molecule has 24 heavy (non-hydrogen) atoms. The van der Waals surface area contributed by atoms with Crippen LogP contribution < -0.4 is 9.05 Å². The van der Waals surface area contributed by atoms with Crippen LogP contribution in [0.5, 0.6) is 11.5 Å². The van der Waals surface area contributed by atoms with E-state index in [0.717, 1.165) is 11.5 Å². The summed E-state index contributed by atoms with van der Waals surface area (Å²) in [6, 6.07) is 9.29. The van der Waals surface area contributed by atoms with E-state index in [1.54, 1.807) is 0 Å². The maximum atomic E-state index is 6.22. The van der Waals surface area contributed by atoms with Gasteiger partial charge in [-0.1, -0.05) is 61.5 Å². The molecule has 0 saturated carbocycles. The van der Waals surface area contributed by atoms with Crippen molar-refractivity contribution in [1.82, 2.24) is 0 Å². The Kier molecular flexibility index (Phi) is 13.3. The van der Waals surface area contributed by atoms with Gasteiger partial charge >= 0.3 is 27.9 Å². The minimum absolute atomic E-state index is 0.494. The van der Waals surface area contributed by atoms with Gasteiger partial charge in [-0.2, -0.15) is 6.07 Å². The average Bonchev–Trinajstić information content (AvgIpc) is 2.51. The second-order valence-electron chi connectivity index (χ2n) is 6.66. The monoisotopic (exact) mass is 478 g/mol. The third kappa shape index (κ3) is 8.84. The van der Waals surface area contributed by atoms with Crippen LogP contribution in [0.4, 0.5) is 0 Å². The molecule has 143 valence electrons. The maximum absolute atomic E-state index is 6.22. The molecular formula is C18H31BrNiO2P2-. The first kappa shape index (κ1) is 24.7. The first-order chi connectivity index (χ1) is 11.2. The zero-order valence-corrected chi connectivity index (χ0v) is 20.3. The Bertz CT molecular complexity index is 403. The zero-order chi connectivity index (χ0) is 18.9. The molecule has 0 radical (unpaired) electrons. The quantitative estimate of drug-likeness (QED) is 0.218. The van der Waals surface area contributed by atoms with E-state index in [0.29, 0.717) is 22.6 Å². The molecule has 0 saturated heterocycles. The van der Waals surface area contributed by atoms with E-state index >= 15 is 0 Å². The summed E-state index contributed by atoms with van der Waals surface area (Å²) in [5.74, 6) is 1.63. The van der Waals surface area contributed by atoms with E-state index in [-0.39, 0.29) is 0 Å². The molecule has 0 unspecified atom stereocenters. The third-order valence-electron chi connectivity index (χ3n) is 3.18.